The molecule has 0 bridgehead atoms. The summed E-state index contributed by atoms with van der Waals surface area (Å²) in [5.74, 6) is -0.135. The van der Waals surface area contributed by atoms with Crippen LogP contribution in [0.25, 0.3) is 0 Å². The Kier molecular flexibility index (Phi) is 4.75. The Morgan fingerprint density at radius 3 is 2.83 bits per heavy atom. The van der Waals surface area contributed by atoms with Crippen LogP contribution in [-0.4, -0.2) is 25.7 Å². The van der Waals surface area contributed by atoms with E-state index in [2.05, 4.69) is 28.9 Å². The topological polar surface area (TPSA) is 62.1 Å². The number of carbonyl (C=O) groups is 1. The number of nitrogens with one attached hydrogen (secondary N) is 1. The fourth-order valence-corrected chi connectivity index (χ4v) is 3.92. The minimum atomic E-state index is -0.135. The lowest BCUT2D eigenvalue weighted by atomic mass is 9.78. The molecule has 5 heteroatoms. The summed E-state index contributed by atoms with van der Waals surface area (Å²) in [6.07, 6.45) is 1.82. The maximum absolute atomic E-state index is 12.4. The molecule has 0 atom stereocenters. The summed E-state index contributed by atoms with van der Waals surface area (Å²) in [4.78, 5) is 13.7. The van der Waals surface area contributed by atoms with Gasteiger partial charge in [-0.15, -0.1) is 11.3 Å². The highest BCUT2D eigenvalue weighted by molar-refractivity contribution is 7.10. The van der Waals surface area contributed by atoms with Gasteiger partial charge in [-0.3, -0.25) is 4.79 Å². The summed E-state index contributed by atoms with van der Waals surface area (Å²) in [5, 5.41) is 14.1. The minimum absolute atomic E-state index is 0.0467. The van der Waals surface area contributed by atoms with E-state index in [1.165, 1.54) is 4.88 Å². The SMILES string of the molecule is N#Cc1cccc(C(=O)NCC2(c3cccs3)CCOCC2)c1. The van der Waals surface area contributed by atoms with Gasteiger partial charge < -0.3 is 10.1 Å². The lowest BCUT2D eigenvalue weighted by molar-refractivity contribution is 0.0499. The van der Waals surface area contributed by atoms with Crippen molar-refractivity contribution in [3.05, 3.63) is 57.8 Å². The molecule has 1 aromatic carbocycles. The van der Waals surface area contributed by atoms with Gasteiger partial charge in [-0.25, -0.2) is 0 Å². The molecule has 0 radical (unpaired) electrons. The number of nitriles is 1. The summed E-state index contributed by atoms with van der Waals surface area (Å²) in [7, 11) is 0. The van der Waals surface area contributed by atoms with Gasteiger partial charge in [0.25, 0.3) is 5.91 Å². The first-order valence-electron chi connectivity index (χ1n) is 7.64. The number of thiophene rings is 1. The number of carbonyl (C=O) groups excluding carboxylic acids is 1. The van der Waals surface area contributed by atoms with Crippen molar-refractivity contribution in [2.45, 2.75) is 18.3 Å². The summed E-state index contributed by atoms with van der Waals surface area (Å²) >= 11 is 1.73. The smallest absolute Gasteiger partial charge is 0.251 e. The summed E-state index contributed by atoms with van der Waals surface area (Å²) in [6, 6.07) is 13.0. The van der Waals surface area contributed by atoms with Crippen molar-refractivity contribution in [1.82, 2.24) is 5.32 Å². The second-order valence-electron chi connectivity index (χ2n) is 5.75. The van der Waals surface area contributed by atoms with Gasteiger partial charge in [0.05, 0.1) is 11.6 Å². The maximum atomic E-state index is 12.4. The van der Waals surface area contributed by atoms with Gasteiger partial charge in [-0.05, 0) is 42.5 Å². The molecule has 118 valence electrons. The van der Waals surface area contributed by atoms with Crippen molar-refractivity contribution in [3.63, 3.8) is 0 Å². The van der Waals surface area contributed by atoms with E-state index in [0.29, 0.717) is 17.7 Å². The highest BCUT2D eigenvalue weighted by atomic mass is 32.1. The molecule has 1 aliphatic heterocycles. The molecule has 2 heterocycles. The normalized spacial score (nSPS) is 16.5. The van der Waals surface area contributed by atoms with Crippen molar-refractivity contribution in [2.75, 3.05) is 19.8 Å². The number of hydrogen-bond donors (Lipinski definition) is 1. The first kappa shape index (κ1) is 15.7. The highest BCUT2D eigenvalue weighted by Gasteiger charge is 2.35. The van der Waals surface area contributed by atoms with E-state index in [1.54, 1.807) is 35.6 Å². The molecule has 1 N–H and O–H groups in total. The monoisotopic (exact) mass is 326 g/mol. The second-order valence-corrected chi connectivity index (χ2v) is 6.69. The predicted octanol–water partition coefficient (Wildman–Crippen LogP) is 3.10. The van der Waals surface area contributed by atoms with Crippen molar-refractivity contribution < 1.29 is 9.53 Å². The van der Waals surface area contributed by atoms with Crippen LogP contribution in [0.3, 0.4) is 0 Å². The molecule has 0 saturated carbocycles. The number of hydrogen-bond acceptors (Lipinski definition) is 4. The first-order valence-corrected chi connectivity index (χ1v) is 8.52. The van der Waals surface area contributed by atoms with E-state index in [-0.39, 0.29) is 11.3 Å². The van der Waals surface area contributed by atoms with Gasteiger partial charge in [0.15, 0.2) is 0 Å². The van der Waals surface area contributed by atoms with Gasteiger partial charge >= 0.3 is 0 Å². The number of amides is 1. The Morgan fingerprint density at radius 1 is 1.30 bits per heavy atom. The molecule has 1 aliphatic rings. The molecule has 0 unspecified atom stereocenters. The zero-order chi connectivity index (χ0) is 16.1. The molecule has 1 saturated heterocycles. The number of benzene rings is 1. The van der Waals surface area contributed by atoms with Crippen LogP contribution in [0.15, 0.2) is 41.8 Å². The third kappa shape index (κ3) is 3.44. The van der Waals surface area contributed by atoms with E-state index in [1.807, 2.05) is 0 Å². The fraction of sp³-hybridized carbons (Fsp3) is 0.333. The van der Waals surface area contributed by atoms with Gasteiger partial charge in [-0.1, -0.05) is 12.1 Å². The third-order valence-corrected chi connectivity index (χ3v) is 5.45. The van der Waals surface area contributed by atoms with E-state index >= 15 is 0 Å². The molecule has 1 aromatic heterocycles. The Hall–Kier alpha value is -2.16. The van der Waals surface area contributed by atoms with Crippen LogP contribution in [0.1, 0.15) is 33.6 Å². The van der Waals surface area contributed by atoms with Crippen LogP contribution in [-0.2, 0) is 10.2 Å². The molecular formula is C18H18N2O2S. The lowest BCUT2D eigenvalue weighted by Gasteiger charge is -2.36. The molecule has 0 aliphatic carbocycles. The minimum Gasteiger partial charge on any atom is -0.381 e. The molecule has 2 aromatic rings. The number of rotatable bonds is 4. The largest absolute Gasteiger partial charge is 0.381 e. The van der Waals surface area contributed by atoms with E-state index < -0.39 is 0 Å². The summed E-state index contributed by atoms with van der Waals surface area (Å²) in [6.45, 7) is 2.03. The average molecular weight is 326 g/mol. The van der Waals surface area contributed by atoms with Crippen LogP contribution in [0.2, 0.25) is 0 Å². The predicted molar refractivity (Wildman–Crippen MR) is 89.5 cm³/mol. The zero-order valence-corrected chi connectivity index (χ0v) is 13.6. The lowest BCUT2D eigenvalue weighted by Crippen LogP contribution is -2.44. The van der Waals surface area contributed by atoms with E-state index in [0.717, 1.165) is 26.1 Å². The van der Waals surface area contributed by atoms with Crippen LogP contribution in [0.4, 0.5) is 0 Å². The molecule has 23 heavy (non-hydrogen) atoms. The molecule has 1 amide bonds. The third-order valence-electron chi connectivity index (χ3n) is 4.33. The van der Waals surface area contributed by atoms with Crippen molar-refractivity contribution >= 4 is 17.2 Å². The Balaban J connectivity index is 1.74. The number of nitrogens with zero attached hydrogens (tertiary/aromatic N) is 1. The van der Waals surface area contributed by atoms with Crippen LogP contribution >= 0.6 is 11.3 Å². The molecule has 3 rings (SSSR count). The zero-order valence-electron chi connectivity index (χ0n) is 12.7. The van der Waals surface area contributed by atoms with Gasteiger partial charge in [0, 0.05) is 35.6 Å². The van der Waals surface area contributed by atoms with Crippen LogP contribution in [0.5, 0.6) is 0 Å². The Bertz CT molecular complexity index is 713. The average Bonchev–Trinajstić information content (AvgIpc) is 3.16. The maximum Gasteiger partial charge on any atom is 0.251 e. The van der Waals surface area contributed by atoms with E-state index in [4.69, 9.17) is 10.00 Å². The molecular weight excluding hydrogens is 308 g/mol. The quantitative estimate of drug-likeness (QED) is 0.939. The summed E-state index contributed by atoms with van der Waals surface area (Å²) in [5.41, 5.74) is 0.976. The van der Waals surface area contributed by atoms with Gasteiger partial charge in [-0.2, -0.15) is 5.26 Å². The van der Waals surface area contributed by atoms with Crippen molar-refractivity contribution in [3.8, 4) is 6.07 Å². The molecule has 0 spiro atoms. The standard InChI is InChI=1S/C18H18N2O2S/c19-12-14-3-1-4-15(11-14)17(21)20-13-18(6-8-22-9-7-18)16-5-2-10-23-16/h1-5,10-11H,6-9,13H2,(H,20,21). The second kappa shape index (κ2) is 6.95. The molecule has 4 nitrogen and oxygen atoms in total. The van der Waals surface area contributed by atoms with Crippen LogP contribution < -0.4 is 5.32 Å². The Labute approximate surface area is 139 Å². The van der Waals surface area contributed by atoms with Crippen molar-refractivity contribution in [1.29, 1.82) is 5.26 Å². The van der Waals surface area contributed by atoms with Crippen LogP contribution in [0, 0.1) is 11.3 Å². The van der Waals surface area contributed by atoms with Gasteiger partial charge in [0.2, 0.25) is 0 Å². The summed E-state index contributed by atoms with van der Waals surface area (Å²) < 4.78 is 5.50. The first-order chi connectivity index (χ1) is 11.2. The van der Waals surface area contributed by atoms with Crippen molar-refractivity contribution in [2.24, 2.45) is 0 Å². The highest BCUT2D eigenvalue weighted by Crippen LogP contribution is 2.37. The van der Waals surface area contributed by atoms with Gasteiger partial charge in [0.1, 0.15) is 0 Å². The Morgan fingerprint density at radius 2 is 2.13 bits per heavy atom. The fourth-order valence-electron chi connectivity index (χ4n) is 2.93. The number of ether oxygens (including phenoxy) is 1. The van der Waals surface area contributed by atoms with E-state index in [9.17, 15) is 4.79 Å². The molecule has 1 fully saturated rings.